The number of carbonyl (C=O) groups is 2. The SMILES string of the molecule is COC(C)(C)C(OC=O)C1CCC2C(CC3C4CCC5C(C)(C)C(OC6CN(C(=O)CC7CC7)CCO6)CCC56C[C@@]46CCC23C)O1.[HH]. The Hall–Kier alpha value is -1.22. The quantitative estimate of drug-likeness (QED) is 0.253. The van der Waals surface area contributed by atoms with Gasteiger partial charge in [-0.3, -0.25) is 9.59 Å². The lowest BCUT2D eigenvalue weighted by molar-refractivity contribution is -0.244. The molecule has 2 heterocycles. The van der Waals surface area contributed by atoms with Gasteiger partial charge in [-0.15, -0.1) is 0 Å². The monoisotopic (exact) mass is 657 g/mol. The van der Waals surface area contributed by atoms with Crippen LogP contribution in [0, 0.1) is 51.2 Å². The lowest BCUT2D eigenvalue weighted by Gasteiger charge is -2.60. The van der Waals surface area contributed by atoms with E-state index in [9.17, 15) is 9.59 Å². The van der Waals surface area contributed by atoms with Gasteiger partial charge in [0.15, 0.2) is 12.4 Å². The van der Waals surface area contributed by atoms with E-state index in [1.54, 1.807) is 7.11 Å². The van der Waals surface area contributed by atoms with Crippen LogP contribution in [-0.4, -0.2) is 80.4 Å². The summed E-state index contributed by atoms with van der Waals surface area (Å²) in [6, 6.07) is 0. The second kappa shape index (κ2) is 11.4. The van der Waals surface area contributed by atoms with Crippen molar-refractivity contribution in [2.75, 3.05) is 26.8 Å². The fourth-order valence-corrected chi connectivity index (χ4v) is 13.4. The standard InChI is InChI=1S/C39H61NO7.H2/c1-35(2)30-12-10-25-27-20-29-26(9-11-28(46-29)34(45-23-41)36(3,4)43-6)37(27,5)15-16-38(25)22-39(30,38)14-13-31(35)47-33-21-40(17-18-44-33)32(42)19-24-7-8-24;/h23-31,33-34H,7-22H2,1-6H3;1H/t25?,26?,27?,28?,29?,30?,31?,33?,34?,37?,38-,39?;/m0./s1. The van der Waals surface area contributed by atoms with Crippen LogP contribution in [0.2, 0.25) is 0 Å². The van der Waals surface area contributed by atoms with Crippen LogP contribution < -0.4 is 0 Å². The van der Waals surface area contributed by atoms with Crippen molar-refractivity contribution in [2.24, 2.45) is 51.2 Å². The lowest BCUT2D eigenvalue weighted by atomic mass is 9.46. The molecule has 8 nitrogen and oxygen atoms in total. The van der Waals surface area contributed by atoms with E-state index in [-0.39, 0.29) is 37.4 Å². The first-order chi connectivity index (χ1) is 22.4. The van der Waals surface area contributed by atoms with Crippen molar-refractivity contribution in [2.45, 2.75) is 154 Å². The molecule has 0 aromatic rings. The molecular formula is C39H63NO7. The van der Waals surface area contributed by atoms with E-state index in [4.69, 9.17) is 23.7 Å². The summed E-state index contributed by atoms with van der Waals surface area (Å²) in [5.41, 5.74) is 0.740. The summed E-state index contributed by atoms with van der Waals surface area (Å²) in [5, 5.41) is 0. The Bertz CT molecular complexity index is 1240. The summed E-state index contributed by atoms with van der Waals surface area (Å²) in [4.78, 5) is 26.4. The van der Waals surface area contributed by atoms with E-state index < -0.39 is 11.7 Å². The van der Waals surface area contributed by atoms with Crippen LogP contribution in [0.1, 0.15) is 120 Å². The lowest BCUT2D eigenvalue weighted by Crippen LogP contribution is -2.56. The topological polar surface area (TPSA) is 83.5 Å². The predicted molar refractivity (Wildman–Crippen MR) is 178 cm³/mol. The summed E-state index contributed by atoms with van der Waals surface area (Å²) < 4.78 is 31.3. The van der Waals surface area contributed by atoms with E-state index in [1.807, 2.05) is 18.7 Å². The van der Waals surface area contributed by atoms with Crippen LogP contribution in [0.3, 0.4) is 0 Å². The maximum Gasteiger partial charge on any atom is 0.293 e. The largest absolute Gasteiger partial charge is 0.459 e. The number of methoxy groups -OCH3 is 1. The van der Waals surface area contributed by atoms with E-state index in [2.05, 4.69) is 20.8 Å². The molecule has 11 unspecified atom stereocenters. The minimum absolute atomic E-state index is 0. The van der Waals surface area contributed by atoms with Crippen LogP contribution in [0.25, 0.3) is 0 Å². The fourth-order valence-electron chi connectivity index (χ4n) is 13.4. The van der Waals surface area contributed by atoms with Gasteiger partial charge in [0, 0.05) is 21.5 Å². The van der Waals surface area contributed by atoms with Crippen molar-refractivity contribution in [3.63, 3.8) is 0 Å². The van der Waals surface area contributed by atoms with Crippen molar-refractivity contribution in [1.29, 1.82) is 0 Å². The fraction of sp³-hybridized carbons (Fsp3) is 0.949. The number of nitrogens with zero attached hydrogens (tertiary/aromatic N) is 1. The molecule has 8 heteroatoms. The highest BCUT2D eigenvalue weighted by atomic mass is 16.7. The first kappa shape index (κ1) is 33.0. The Morgan fingerprint density at radius 1 is 1.00 bits per heavy atom. The van der Waals surface area contributed by atoms with E-state index in [1.165, 1.54) is 51.4 Å². The summed E-state index contributed by atoms with van der Waals surface area (Å²) in [5.74, 6) is 3.64. The van der Waals surface area contributed by atoms with Crippen molar-refractivity contribution in [1.82, 2.24) is 4.90 Å². The van der Waals surface area contributed by atoms with Crippen LogP contribution >= 0.6 is 0 Å². The number of rotatable bonds is 9. The Balaban J connectivity index is 0.00000364. The third-order valence-corrected chi connectivity index (χ3v) is 16.2. The number of carbonyl (C=O) groups excluding carboxylic acids is 2. The minimum atomic E-state index is -0.595. The molecule has 6 aliphatic carbocycles. The summed E-state index contributed by atoms with van der Waals surface area (Å²) in [6.07, 6.45) is 15.0. The zero-order valence-corrected chi connectivity index (χ0v) is 30.0. The smallest absolute Gasteiger partial charge is 0.293 e. The molecule has 6 saturated carbocycles. The van der Waals surface area contributed by atoms with Gasteiger partial charge in [0.25, 0.3) is 6.47 Å². The Morgan fingerprint density at radius 2 is 1.79 bits per heavy atom. The molecule has 12 atom stereocenters. The molecule has 1 amide bonds. The third kappa shape index (κ3) is 5.02. The molecule has 2 aliphatic heterocycles. The molecule has 47 heavy (non-hydrogen) atoms. The van der Waals surface area contributed by atoms with Crippen molar-refractivity contribution >= 4 is 12.4 Å². The number of amides is 1. The maximum absolute atomic E-state index is 12.9. The Morgan fingerprint density at radius 3 is 2.53 bits per heavy atom. The normalized spacial score (nSPS) is 47.4. The highest BCUT2D eigenvalue weighted by molar-refractivity contribution is 5.76. The molecule has 266 valence electrons. The van der Waals surface area contributed by atoms with Gasteiger partial charge >= 0.3 is 0 Å². The summed E-state index contributed by atoms with van der Waals surface area (Å²) in [6.45, 7) is 14.0. The van der Waals surface area contributed by atoms with Crippen molar-refractivity contribution in [3.8, 4) is 0 Å². The molecular weight excluding hydrogens is 594 g/mol. The highest BCUT2D eigenvalue weighted by Gasteiger charge is 2.80. The number of fused-ring (bicyclic) bond motifs is 4. The van der Waals surface area contributed by atoms with Crippen molar-refractivity contribution < 1.29 is 34.7 Å². The van der Waals surface area contributed by atoms with E-state index in [0.29, 0.717) is 72.5 Å². The van der Waals surface area contributed by atoms with Gasteiger partial charge < -0.3 is 28.6 Å². The molecule has 8 fully saturated rings. The molecule has 8 aliphatic rings. The van der Waals surface area contributed by atoms with Gasteiger partial charge in [0.1, 0.15) is 5.60 Å². The number of hydrogen-bond acceptors (Lipinski definition) is 7. The molecule has 0 radical (unpaired) electrons. The van der Waals surface area contributed by atoms with Crippen LogP contribution in [-0.2, 0) is 33.3 Å². The zero-order valence-electron chi connectivity index (χ0n) is 30.0. The molecule has 0 aromatic heterocycles. The van der Waals surface area contributed by atoms with Gasteiger partial charge in [0.2, 0.25) is 5.91 Å². The average molecular weight is 658 g/mol. The van der Waals surface area contributed by atoms with Gasteiger partial charge in [-0.1, -0.05) is 20.8 Å². The molecule has 8 rings (SSSR count). The van der Waals surface area contributed by atoms with Gasteiger partial charge in [0.05, 0.1) is 31.5 Å². The zero-order chi connectivity index (χ0) is 33.0. The summed E-state index contributed by atoms with van der Waals surface area (Å²) >= 11 is 0. The van der Waals surface area contributed by atoms with E-state index in [0.717, 1.165) is 31.6 Å². The molecule has 0 N–H and O–H groups in total. The molecule has 2 spiro atoms. The van der Waals surface area contributed by atoms with E-state index >= 15 is 0 Å². The van der Waals surface area contributed by atoms with Gasteiger partial charge in [-0.05, 0) is 142 Å². The second-order valence-electron chi connectivity index (χ2n) is 18.7. The highest BCUT2D eigenvalue weighted by Crippen LogP contribution is 2.87. The Kier molecular flexibility index (Phi) is 7.99. The second-order valence-corrected chi connectivity index (χ2v) is 18.7. The predicted octanol–water partition coefficient (Wildman–Crippen LogP) is 6.78. The summed E-state index contributed by atoms with van der Waals surface area (Å²) in [7, 11) is 1.69. The first-order valence-electron chi connectivity index (χ1n) is 19.2. The first-order valence-corrected chi connectivity index (χ1v) is 19.2. The third-order valence-electron chi connectivity index (χ3n) is 16.2. The Labute approximate surface area is 284 Å². The minimum Gasteiger partial charge on any atom is -0.459 e. The average Bonchev–Trinajstić information content (AvgIpc) is 3.96. The van der Waals surface area contributed by atoms with Crippen LogP contribution in [0.4, 0.5) is 0 Å². The number of morpholine rings is 1. The van der Waals surface area contributed by atoms with Crippen molar-refractivity contribution in [3.05, 3.63) is 0 Å². The van der Waals surface area contributed by atoms with Crippen LogP contribution in [0.15, 0.2) is 0 Å². The molecule has 0 aromatic carbocycles. The van der Waals surface area contributed by atoms with Gasteiger partial charge in [-0.2, -0.15) is 0 Å². The number of hydrogen-bond donors (Lipinski definition) is 0. The molecule has 0 bridgehead atoms. The van der Waals surface area contributed by atoms with Gasteiger partial charge in [-0.25, -0.2) is 0 Å². The number of ether oxygens (including phenoxy) is 5. The molecule has 2 saturated heterocycles. The van der Waals surface area contributed by atoms with Crippen LogP contribution in [0.5, 0.6) is 0 Å². The maximum atomic E-state index is 12.9.